The molecule has 0 aliphatic rings. The smallest absolute Gasteiger partial charge is 0.401 e. The Morgan fingerprint density at radius 1 is 1.07 bits per heavy atom. The number of benzene rings is 2. The number of hydrogen-bond acceptors (Lipinski definition) is 3. The number of para-hydroxylation sites is 1. The number of urea groups is 1. The van der Waals surface area contributed by atoms with Crippen molar-refractivity contribution in [3.05, 3.63) is 54.6 Å². The first kappa shape index (κ1) is 20.6. The molecule has 0 bridgehead atoms. The lowest BCUT2D eigenvalue weighted by Crippen LogP contribution is -2.34. The van der Waals surface area contributed by atoms with Crippen LogP contribution in [0, 0.1) is 0 Å². The van der Waals surface area contributed by atoms with Crippen molar-refractivity contribution in [2.75, 3.05) is 32.0 Å². The molecule has 2 aromatic carbocycles. The Kier molecular flexibility index (Phi) is 7.48. The van der Waals surface area contributed by atoms with Crippen LogP contribution in [0.3, 0.4) is 0 Å². The van der Waals surface area contributed by atoms with Gasteiger partial charge >= 0.3 is 12.2 Å². The van der Waals surface area contributed by atoms with Gasteiger partial charge < -0.3 is 15.4 Å². The number of rotatable bonds is 8. The summed E-state index contributed by atoms with van der Waals surface area (Å²) in [6.07, 6.45) is -3.80. The van der Waals surface area contributed by atoms with Crippen LogP contribution in [0.4, 0.5) is 23.7 Å². The fraction of sp³-hybridized carbons (Fsp3) is 0.316. The van der Waals surface area contributed by atoms with Gasteiger partial charge in [-0.2, -0.15) is 13.2 Å². The van der Waals surface area contributed by atoms with Gasteiger partial charge in [-0.1, -0.05) is 24.3 Å². The van der Waals surface area contributed by atoms with Crippen LogP contribution in [0.25, 0.3) is 0 Å². The maximum Gasteiger partial charge on any atom is 0.401 e. The lowest BCUT2D eigenvalue weighted by atomic mass is 10.3. The SMILES string of the molecule is CN(CCCNC(=O)Nc1cccc(Oc2ccccc2)c1)CC(F)(F)F. The first-order valence-corrected chi connectivity index (χ1v) is 8.45. The molecule has 0 saturated carbocycles. The molecule has 0 atom stereocenters. The second-order valence-electron chi connectivity index (χ2n) is 6.03. The monoisotopic (exact) mass is 381 g/mol. The Morgan fingerprint density at radius 2 is 1.78 bits per heavy atom. The predicted molar refractivity (Wildman–Crippen MR) is 98.1 cm³/mol. The van der Waals surface area contributed by atoms with Crippen molar-refractivity contribution in [1.82, 2.24) is 10.2 Å². The minimum atomic E-state index is -4.22. The number of anilines is 1. The molecule has 0 aromatic heterocycles. The van der Waals surface area contributed by atoms with E-state index in [1.54, 1.807) is 24.3 Å². The molecule has 5 nitrogen and oxygen atoms in total. The van der Waals surface area contributed by atoms with Crippen LogP contribution < -0.4 is 15.4 Å². The lowest BCUT2D eigenvalue weighted by Gasteiger charge is -2.18. The number of hydrogen-bond donors (Lipinski definition) is 2. The normalized spacial score (nSPS) is 11.3. The largest absolute Gasteiger partial charge is 0.457 e. The van der Waals surface area contributed by atoms with E-state index in [0.29, 0.717) is 23.6 Å². The molecular weight excluding hydrogens is 359 g/mol. The summed E-state index contributed by atoms with van der Waals surface area (Å²) in [4.78, 5) is 13.1. The third-order valence-electron chi connectivity index (χ3n) is 3.52. The van der Waals surface area contributed by atoms with Gasteiger partial charge in [0.25, 0.3) is 0 Å². The standard InChI is InChI=1S/C19H22F3N3O2/c1-25(14-19(20,21)22)12-6-11-23-18(26)24-15-7-5-10-17(13-15)27-16-8-3-2-4-9-16/h2-5,7-10,13H,6,11-12,14H2,1H3,(H2,23,24,26). The summed E-state index contributed by atoms with van der Waals surface area (Å²) in [6.45, 7) is -0.457. The number of carbonyl (C=O) groups excluding carboxylic acids is 1. The average molecular weight is 381 g/mol. The zero-order chi connectivity index (χ0) is 19.7. The van der Waals surface area contributed by atoms with Crippen molar-refractivity contribution >= 4 is 11.7 Å². The van der Waals surface area contributed by atoms with Gasteiger partial charge in [0.1, 0.15) is 11.5 Å². The van der Waals surface area contributed by atoms with Crippen LogP contribution in [0.5, 0.6) is 11.5 Å². The third-order valence-corrected chi connectivity index (χ3v) is 3.52. The molecule has 27 heavy (non-hydrogen) atoms. The fourth-order valence-electron chi connectivity index (χ4n) is 2.37. The van der Waals surface area contributed by atoms with Crippen molar-refractivity contribution in [2.45, 2.75) is 12.6 Å². The van der Waals surface area contributed by atoms with Gasteiger partial charge in [0, 0.05) is 18.3 Å². The molecule has 2 N–H and O–H groups in total. The molecule has 8 heteroatoms. The van der Waals surface area contributed by atoms with Crippen molar-refractivity contribution in [3.8, 4) is 11.5 Å². The highest BCUT2D eigenvalue weighted by atomic mass is 19.4. The highest BCUT2D eigenvalue weighted by Crippen LogP contribution is 2.23. The van der Waals surface area contributed by atoms with E-state index in [1.165, 1.54) is 11.9 Å². The van der Waals surface area contributed by atoms with E-state index in [-0.39, 0.29) is 13.1 Å². The zero-order valence-corrected chi connectivity index (χ0v) is 14.9. The van der Waals surface area contributed by atoms with E-state index in [4.69, 9.17) is 4.74 Å². The first-order valence-electron chi connectivity index (χ1n) is 8.45. The Morgan fingerprint density at radius 3 is 2.48 bits per heavy atom. The van der Waals surface area contributed by atoms with Crippen LogP contribution in [-0.4, -0.2) is 43.8 Å². The predicted octanol–water partition coefficient (Wildman–Crippen LogP) is 4.48. The summed E-state index contributed by atoms with van der Waals surface area (Å²) in [5.41, 5.74) is 0.551. The van der Waals surface area contributed by atoms with E-state index in [2.05, 4.69) is 10.6 Å². The minimum absolute atomic E-state index is 0.236. The lowest BCUT2D eigenvalue weighted by molar-refractivity contribution is -0.143. The van der Waals surface area contributed by atoms with E-state index >= 15 is 0 Å². The van der Waals surface area contributed by atoms with Crippen LogP contribution in [0.2, 0.25) is 0 Å². The molecule has 0 heterocycles. The fourth-order valence-corrected chi connectivity index (χ4v) is 2.37. The molecule has 0 aliphatic heterocycles. The molecule has 2 rings (SSSR count). The van der Waals surface area contributed by atoms with Crippen LogP contribution in [0.15, 0.2) is 54.6 Å². The van der Waals surface area contributed by atoms with Gasteiger partial charge in [0.2, 0.25) is 0 Å². The number of nitrogens with one attached hydrogen (secondary N) is 2. The summed E-state index contributed by atoms with van der Waals surface area (Å²) < 4.78 is 42.4. The van der Waals surface area contributed by atoms with E-state index in [9.17, 15) is 18.0 Å². The van der Waals surface area contributed by atoms with Crippen molar-refractivity contribution in [1.29, 1.82) is 0 Å². The van der Waals surface area contributed by atoms with Gasteiger partial charge in [0.05, 0.1) is 6.54 Å². The van der Waals surface area contributed by atoms with E-state index in [1.807, 2.05) is 30.3 Å². The van der Waals surface area contributed by atoms with E-state index in [0.717, 1.165) is 0 Å². The number of carbonyl (C=O) groups is 1. The maximum absolute atomic E-state index is 12.2. The van der Waals surface area contributed by atoms with Crippen LogP contribution >= 0.6 is 0 Å². The molecule has 0 radical (unpaired) electrons. The molecule has 2 aromatic rings. The summed E-state index contributed by atoms with van der Waals surface area (Å²) in [5, 5.41) is 5.29. The quantitative estimate of drug-likeness (QED) is 0.663. The Bertz CT molecular complexity index is 724. The zero-order valence-electron chi connectivity index (χ0n) is 14.9. The summed E-state index contributed by atoms with van der Waals surface area (Å²) in [7, 11) is 1.39. The maximum atomic E-state index is 12.2. The van der Waals surface area contributed by atoms with Gasteiger partial charge in [-0.15, -0.1) is 0 Å². The number of amides is 2. The van der Waals surface area contributed by atoms with Gasteiger partial charge in [-0.3, -0.25) is 4.90 Å². The number of alkyl halides is 3. The highest BCUT2D eigenvalue weighted by Gasteiger charge is 2.28. The highest BCUT2D eigenvalue weighted by molar-refractivity contribution is 5.89. The Labute approximate surface area is 156 Å². The van der Waals surface area contributed by atoms with E-state index < -0.39 is 18.8 Å². The van der Waals surface area contributed by atoms with Crippen molar-refractivity contribution < 1.29 is 22.7 Å². The molecule has 146 valence electrons. The summed E-state index contributed by atoms with van der Waals surface area (Å²) in [5.74, 6) is 1.26. The first-order chi connectivity index (χ1) is 12.8. The topological polar surface area (TPSA) is 53.6 Å². The molecular formula is C19H22F3N3O2. The number of nitrogens with zero attached hydrogens (tertiary/aromatic N) is 1. The molecule has 0 aliphatic carbocycles. The van der Waals surface area contributed by atoms with Crippen molar-refractivity contribution in [3.63, 3.8) is 0 Å². The minimum Gasteiger partial charge on any atom is -0.457 e. The molecule has 0 unspecified atom stereocenters. The third kappa shape index (κ3) is 8.46. The van der Waals surface area contributed by atoms with Gasteiger partial charge in [0.15, 0.2) is 0 Å². The Balaban J connectivity index is 1.73. The van der Waals surface area contributed by atoms with Gasteiger partial charge in [-0.05, 0) is 44.3 Å². The van der Waals surface area contributed by atoms with Gasteiger partial charge in [-0.25, -0.2) is 4.79 Å². The molecule has 0 fully saturated rings. The number of halogens is 3. The Hall–Kier alpha value is -2.74. The second-order valence-corrected chi connectivity index (χ2v) is 6.03. The number of ether oxygens (including phenoxy) is 1. The van der Waals surface area contributed by atoms with Crippen LogP contribution in [0.1, 0.15) is 6.42 Å². The molecule has 0 saturated heterocycles. The summed E-state index contributed by atoms with van der Waals surface area (Å²) >= 11 is 0. The summed E-state index contributed by atoms with van der Waals surface area (Å²) in [6, 6.07) is 15.7. The van der Waals surface area contributed by atoms with Crippen LogP contribution in [-0.2, 0) is 0 Å². The van der Waals surface area contributed by atoms with Crippen molar-refractivity contribution in [2.24, 2.45) is 0 Å². The second kappa shape index (κ2) is 9.82. The average Bonchev–Trinajstić information content (AvgIpc) is 2.58. The molecule has 0 spiro atoms. The molecule has 2 amide bonds.